The highest BCUT2D eigenvalue weighted by molar-refractivity contribution is 5.94. The van der Waals surface area contributed by atoms with Crippen LogP contribution in [0.3, 0.4) is 0 Å². The van der Waals surface area contributed by atoms with Gasteiger partial charge >= 0.3 is 0 Å². The molecular formula is C22H25N5O3. The molecular weight excluding hydrogens is 382 g/mol. The van der Waals surface area contributed by atoms with Crippen LogP contribution in [-0.4, -0.2) is 40.4 Å². The zero-order valence-corrected chi connectivity index (χ0v) is 17.2. The number of methoxy groups -OCH3 is 1. The van der Waals surface area contributed by atoms with Crippen molar-refractivity contribution in [3.8, 4) is 11.5 Å². The molecule has 0 saturated heterocycles. The molecule has 1 aliphatic heterocycles. The highest BCUT2D eigenvalue weighted by Crippen LogP contribution is 2.39. The van der Waals surface area contributed by atoms with Gasteiger partial charge in [0.15, 0.2) is 11.5 Å². The average molecular weight is 407 g/mol. The number of amides is 1. The fraction of sp³-hybridized carbons (Fsp3) is 0.318. The van der Waals surface area contributed by atoms with Crippen LogP contribution in [0.4, 0.5) is 11.6 Å². The Hall–Kier alpha value is -3.55. The van der Waals surface area contributed by atoms with E-state index in [4.69, 9.17) is 9.47 Å². The molecule has 0 spiro atoms. The molecule has 156 valence electrons. The van der Waals surface area contributed by atoms with Crippen molar-refractivity contribution in [3.63, 3.8) is 0 Å². The molecule has 3 aromatic rings. The number of ether oxygens (including phenoxy) is 2. The largest absolute Gasteiger partial charge is 0.493 e. The molecule has 1 aliphatic rings. The lowest BCUT2D eigenvalue weighted by molar-refractivity contribution is -0.121. The van der Waals surface area contributed by atoms with Crippen LogP contribution in [0.15, 0.2) is 54.9 Å². The molecule has 2 heterocycles. The molecule has 3 atom stereocenters. The van der Waals surface area contributed by atoms with Gasteiger partial charge in [0.1, 0.15) is 6.33 Å². The Morgan fingerprint density at radius 3 is 2.73 bits per heavy atom. The number of fused-ring (bicyclic) bond motifs is 1. The molecule has 0 aliphatic carbocycles. The fourth-order valence-corrected chi connectivity index (χ4v) is 3.88. The number of hydrogen-bond donors (Lipinski definition) is 2. The molecule has 2 N–H and O–H groups in total. The van der Waals surface area contributed by atoms with Crippen LogP contribution in [0.2, 0.25) is 0 Å². The number of anilines is 2. The van der Waals surface area contributed by atoms with Gasteiger partial charge in [0, 0.05) is 11.7 Å². The van der Waals surface area contributed by atoms with Crippen molar-refractivity contribution in [1.29, 1.82) is 0 Å². The third-order valence-corrected chi connectivity index (χ3v) is 5.25. The van der Waals surface area contributed by atoms with Gasteiger partial charge in [-0.3, -0.25) is 4.79 Å². The summed E-state index contributed by atoms with van der Waals surface area (Å²) in [7, 11) is 1.60. The Morgan fingerprint density at radius 1 is 1.20 bits per heavy atom. The van der Waals surface area contributed by atoms with Crippen molar-refractivity contribution in [2.45, 2.75) is 25.9 Å². The number of nitrogens with one attached hydrogen (secondary N) is 2. The van der Waals surface area contributed by atoms with Gasteiger partial charge in [0.25, 0.3) is 0 Å². The Balaban J connectivity index is 1.74. The third-order valence-electron chi connectivity index (χ3n) is 5.25. The molecule has 2 aromatic carbocycles. The van der Waals surface area contributed by atoms with E-state index in [0.29, 0.717) is 24.1 Å². The second-order valence-electron chi connectivity index (χ2n) is 7.13. The molecule has 0 bridgehead atoms. The predicted molar refractivity (Wildman–Crippen MR) is 114 cm³/mol. The number of aromatic nitrogens is 3. The summed E-state index contributed by atoms with van der Waals surface area (Å²) in [6, 6.07) is 14.6. The van der Waals surface area contributed by atoms with E-state index in [-0.39, 0.29) is 18.0 Å². The maximum atomic E-state index is 13.3. The summed E-state index contributed by atoms with van der Waals surface area (Å²) in [5.74, 6) is 1.38. The maximum Gasteiger partial charge on any atom is 0.232 e. The van der Waals surface area contributed by atoms with E-state index in [2.05, 4.69) is 20.7 Å². The maximum absolute atomic E-state index is 13.3. The van der Waals surface area contributed by atoms with Crippen molar-refractivity contribution in [3.05, 3.63) is 60.4 Å². The lowest BCUT2D eigenvalue weighted by Gasteiger charge is -2.37. The van der Waals surface area contributed by atoms with Gasteiger partial charge < -0.3 is 20.1 Å². The summed E-state index contributed by atoms with van der Waals surface area (Å²) < 4.78 is 12.9. The van der Waals surface area contributed by atoms with E-state index in [9.17, 15) is 4.79 Å². The van der Waals surface area contributed by atoms with Gasteiger partial charge in [0.05, 0.1) is 25.7 Å². The molecule has 4 rings (SSSR count). The van der Waals surface area contributed by atoms with Crippen LogP contribution in [0.25, 0.3) is 0 Å². The second-order valence-corrected chi connectivity index (χ2v) is 7.13. The monoisotopic (exact) mass is 407 g/mol. The van der Waals surface area contributed by atoms with Crippen LogP contribution in [-0.2, 0) is 4.79 Å². The summed E-state index contributed by atoms with van der Waals surface area (Å²) in [4.78, 5) is 17.7. The van der Waals surface area contributed by atoms with Crippen LogP contribution < -0.4 is 20.1 Å². The first kappa shape index (κ1) is 19.8. The van der Waals surface area contributed by atoms with Gasteiger partial charge in [-0.25, -0.2) is 4.68 Å². The average Bonchev–Trinajstić information content (AvgIpc) is 3.22. The molecule has 1 amide bonds. The number of carbonyl (C=O) groups is 1. The quantitative estimate of drug-likeness (QED) is 0.651. The van der Waals surface area contributed by atoms with Crippen LogP contribution >= 0.6 is 0 Å². The third kappa shape index (κ3) is 3.68. The first-order chi connectivity index (χ1) is 14.6. The number of para-hydroxylation sites is 1. The van der Waals surface area contributed by atoms with Gasteiger partial charge in [-0.15, -0.1) is 0 Å². The Kier molecular flexibility index (Phi) is 5.56. The van der Waals surface area contributed by atoms with E-state index >= 15 is 0 Å². The molecule has 8 heteroatoms. The Morgan fingerprint density at radius 2 is 2.00 bits per heavy atom. The van der Waals surface area contributed by atoms with Crippen LogP contribution in [0, 0.1) is 5.92 Å². The van der Waals surface area contributed by atoms with Crippen molar-refractivity contribution in [2.24, 2.45) is 5.92 Å². The zero-order chi connectivity index (χ0) is 21.1. The first-order valence-corrected chi connectivity index (χ1v) is 9.95. The number of carbonyl (C=O) groups excluding carboxylic acids is 1. The van der Waals surface area contributed by atoms with E-state index in [1.807, 2.05) is 62.4 Å². The SMILES string of the molecule is CCOc1ccc([C@H]2[C@H](C(=O)Nc3ccccc3)[C@H](C)Nc3ncnn32)cc1OC. The van der Waals surface area contributed by atoms with Crippen molar-refractivity contribution >= 4 is 17.5 Å². The topological polar surface area (TPSA) is 90.3 Å². The number of rotatable bonds is 6. The normalized spacial score (nSPS) is 20.0. The Bertz CT molecular complexity index is 1020. The molecule has 1 aromatic heterocycles. The molecule has 0 radical (unpaired) electrons. The van der Waals surface area contributed by atoms with Gasteiger partial charge in [0.2, 0.25) is 11.9 Å². The molecule has 30 heavy (non-hydrogen) atoms. The molecule has 8 nitrogen and oxygen atoms in total. The molecule has 0 saturated carbocycles. The van der Waals surface area contributed by atoms with E-state index < -0.39 is 5.92 Å². The minimum atomic E-state index is -0.429. The summed E-state index contributed by atoms with van der Waals surface area (Å²) >= 11 is 0. The van der Waals surface area contributed by atoms with Crippen molar-refractivity contribution < 1.29 is 14.3 Å². The smallest absolute Gasteiger partial charge is 0.232 e. The predicted octanol–water partition coefficient (Wildman–Crippen LogP) is 3.34. The van der Waals surface area contributed by atoms with E-state index in [0.717, 1.165) is 11.3 Å². The lowest BCUT2D eigenvalue weighted by atomic mass is 9.85. The first-order valence-electron chi connectivity index (χ1n) is 9.95. The van der Waals surface area contributed by atoms with Crippen LogP contribution in [0.5, 0.6) is 11.5 Å². The molecule has 0 fully saturated rings. The minimum Gasteiger partial charge on any atom is -0.493 e. The second kappa shape index (κ2) is 8.44. The standard InChI is InChI=1S/C22H25N5O3/c1-4-30-17-11-10-15(12-18(17)29-3)20-19(14(2)25-22-23-13-24-27(20)22)21(28)26-16-8-6-5-7-9-16/h5-14,19-20H,4H2,1-3H3,(H,26,28)(H,23,24,25)/t14-,19+,20-/m0/s1. The summed E-state index contributed by atoms with van der Waals surface area (Å²) in [6.45, 7) is 4.44. The summed E-state index contributed by atoms with van der Waals surface area (Å²) in [6.07, 6.45) is 1.49. The van der Waals surface area contributed by atoms with Crippen LogP contribution in [0.1, 0.15) is 25.5 Å². The Labute approximate surface area is 175 Å². The highest BCUT2D eigenvalue weighted by Gasteiger charge is 2.41. The number of hydrogen-bond acceptors (Lipinski definition) is 6. The van der Waals surface area contributed by atoms with Crippen molar-refractivity contribution in [1.82, 2.24) is 14.8 Å². The molecule has 0 unspecified atom stereocenters. The van der Waals surface area contributed by atoms with Gasteiger partial charge in [-0.1, -0.05) is 24.3 Å². The number of nitrogens with zero attached hydrogens (tertiary/aromatic N) is 3. The minimum absolute atomic E-state index is 0.0970. The number of benzene rings is 2. The van der Waals surface area contributed by atoms with Crippen molar-refractivity contribution in [2.75, 3.05) is 24.4 Å². The van der Waals surface area contributed by atoms with Gasteiger partial charge in [-0.2, -0.15) is 10.1 Å². The highest BCUT2D eigenvalue weighted by atomic mass is 16.5. The van der Waals surface area contributed by atoms with E-state index in [1.165, 1.54) is 6.33 Å². The van der Waals surface area contributed by atoms with E-state index in [1.54, 1.807) is 11.8 Å². The van der Waals surface area contributed by atoms with Gasteiger partial charge in [-0.05, 0) is 43.7 Å². The zero-order valence-electron chi connectivity index (χ0n) is 17.2. The lowest BCUT2D eigenvalue weighted by Crippen LogP contribution is -2.46. The fourth-order valence-electron chi connectivity index (χ4n) is 3.88. The summed E-state index contributed by atoms with van der Waals surface area (Å²) in [5, 5.41) is 10.7. The summed E-state index contributed by atoms with van der Waals surface area (Å²) in [5.41, 5.74) is 1.64.